The molecule has 0 saturated heterocycles. The van der Waals surface area contributed by atoms with Crippen LogP contribution in [0.2, 0.25) is 0 Å². The highest BCUT2D eigenvalue weighted by molar-refractivity contribution is 6.06. The Morgan fingerprint density at radius 3 is 2.78 bits per heavy atom. The highest BCUT2D eigenvalue weighted by Crippen LogP contribution is 1.94. The molecule has 1 aromatic heterocycles. The summed E-state index contributed by atoms with van der Waals surface area (Å²) in [5.41, 5.74) is -0.363. The molecule has 0 fully saturated rings. The van der Waals surface area contributed by atoms with Crippen molar-refractivity contribution in [2.45, 2.75) is 0 Å². The normalized spacial score (nSPS) is 9.33. The largest absolute Gasteiger partial charge is 0.503 e. The molecule has 1 rings (SSSR count). The van der Waals surface area contributed by atoms with Gasteiger partial charge in [0.1, 0.15) is 0 Å². The van der Waals surface area contributed by atoms with Crippen LogP contribution in [-0.2, 0) is 0 Å². The quantitative estimate of drug-likeness (QED) is 0.447. The van der Waals surface area contributed by atoms with Gasteiger partial charge in [0, 0.05) is 0 Å². The van der Waals surface area contributed by atoms with Gasteiger partial charge in [0.05, 0.1) is 0 Å². The lowest BCUT2D eigenvalue weighted by atomic mass is 10.3. The Labute approximate surface area is 53.0 Å². The molecule has 1 heterocycles. The number of aromatic nitrogens is 1. The Hall–Kier alpha value is -1.19. The molecular formula is C5H6BNO2. The van der Waals surface area contributed by atoms with E-state index in [0.29, 0.717) is 0 Å². The van der Waals surface area contributed by atoms with Crippen molar-refractivity contribution >= 4 is 7.98 Å². The molecule has 0 atom stereocenters. The Morgan fingerprint density at radius 2 is 2.33 bits per heavy atom. The van der Waals surface area contributed by atoms with E-state index in [1.165, 1.54) is 10.5 Å². The summed E-state index contributed by atoms with van der Waals surface area (Å²) in [4.78, 5) is 10.7. The van der Waals surface area contributed by atoms with Gasteiger partial charge in [-0.15, -0.1) is 0 Å². The molecular weight excluding hydrogens is 117 g/mol. The van der Waals surface area contributed by atoms with Crippen molar-refractivity contribution in [3.8, 4) is 5.75 Å². The average Bonchev–Trinajstić information content (AvgIpc) is 1.83. The number of rotatable bonds is 0. The van der Waals surface area contributed by atoms with Crippen LogP contribution < -0.4 is 5.56 Å². The van der Waals surface area contributed by atoms with Gasteiger partial charge < -0.3 is 9.58 Å². The first-order valence-corrected chi connectivity index (χ1v) is 2.56. The molecule has 46 valence electrons. The maximum absolute atomic E-state index is 10.7. The zero-order valence-electron chi connectivity index (χ0n) is 5.03. The zero-order chi connectivity index (χ0) is 6.85. The van der Waals surface area contributed by atoms with Crippen LogP contribution in [0.1, 0.15) is 0 Å². The Kier molecular flexibility index (Phi) is 1.30. The van der Waals surface area contributed by atoms with Crippen LogP contribution in [0.3, 0.4) is 0 Å². The van der Waals surface area contributed by atoms with E-state index < -0.39 is 0 Å². The third-order valence-electron chi connectivity index (χ3n) is 1.10. The van der Waals surface area contributed by atoms with Crippen molar-refractivity contribution in [1.29, 1.82) is 0 Å². The number of pyridine rings is 1. The van der Waals surface area contributed by atoms with E-state index in [1.54, 1.807) is 20.2 Å². The molecule has 0 unspecified atom stereocenters. The molecule has 4 heteroatoms. The minimum atomic E-state index is -0.363. The molecule has 0 spiro atoms. The monoisotopic (exact) mass is 123 g/mol. The number of hydrogen-bond acceptors (Lipinski definition) is 2. The van der Waals surface area contributed by atoms with Crippen LogP contribution in [0.25, 0.3) is 0 Å². The zero-order valence-corrected chi connectivity index (χ0v) is 5.03. The molecule has 0 aromatic carbocycles. The molecule has 9 heavy (non-hydrogen) atoms. The molecule has 0 aliphatic heterocycles. The third kappa shape index (κ3) is 0.962. The summed E-state index contributed by atoms with van der Waals surface area (Å²) in [5.74, 6) is -0.208. The summed E-state index contributed by atoms with van der Waals surface area (Å²) in [6, 6.07) is 2.97. The maximum atomic E-state index is 10.7. The maximum Gasteiger partial charge on any atom is 0.280 e. The number of aromatic hydroxyl groups is 1. The molecule has 0 aliphatic carbocycles. The molecule has 0 radical (unpaired) electrons. The lowest BCUT2D eigenvalue weighted by molar-refractivity contribution is 0.465. The van der Waals surface area contributed by atoms with Gasteiger partial charge in [-0.3, -0.25) is 4.79 Å². The van der Waals surface area contributed by atoms with Crippen molar-refractivity contribution in [3.63, 3.8) is 0 Å². The fraction of sp³-hybridized carbons (Fsp3) is 0. The molecule has 0 aliphatic rings. The van der Waals surface area contributed by atoms with Gasteiger partial charge in [-0.25, -0.2) is 0 Å². The first kappa shape index (κ1) is 5.94. The smallest absolute Gasteiger partial charge is 0.280 e. The molecule has 0 saturated carbocycles. The van der Waals surface area contributed by atoms with Gasteiger partial charge in [-0.1, -0.05) is 0 Å². The van der Waals surface area contributed by atoms with E-state index in [2.05, 4.69) is 0 Å². The summed E-state index contributed by atoms with van der Waals surface area (Å²) in [7, 11) is 1.59. The minimum Gasteiger partial charge on any atom is -0.503 e. The third-order valence-corrected chi connectivity index (χ3v) is 1.10. The summed E-state index contributed by atoms with van der Waals surface area (Å²) in [5, 5.41) is 8.77. The predicted molar refractivity (Wildman–Crippen MR) is 36.3 cm³/mol. The van der Waals surface area contributed by atoms with Crippen molar-refractivity contribution in [1.82, 2.24) is 4.48 Å². The second kappa shape index (κ2) is 1.97. The van der Waals surface area contributed by atoms with Crippen LogP contribution in [0, 0.1) is 0 Å². The molecule has 0 amide bonds. The van der Waals surface area contributed by atoms with E-state index in [9.17, 15) is 4.79 Å². The van der Waals surface area contributed by atoms with Crippen LogP contribution in [0.15, 0.2) is 23.1 Å². The van der Waals surface area contributed by atoms with Gasteiger partial charge in [-0.05, 0) is 18.3 Å². The van der Waals surface area contributed by atoms with Crippen LogP contribution in [0.4, 0.5) is 0 Å². The van der Waals surface area contributed by atoms with Gasteiger partial charge >= 0.3 is 0 Å². The van der Waals surface area contributed by atoms with E-state index in [1.807, 2.05) is 0 Å². The lowest BCUT2D eigenvalue weighted by Gasteiger charge is -1.94. The van der Waals surface area contributed by atoms with Gasteiger partial charge in [0.2, 0.25) is 7.98 Å². The first-order valence-electron chi connectivity index (χ1n) is 2.56. The van der Waals surface area contributed by atoms with Crippen molar-refractivity contribution in [3.05, 3.63) is 28.7 Å². The average molecular weight is 123 g/mol. The summed E-state index contributed by atoms with van der Waals surface area (Å²) in [6.07, 6.45) is 1.59. The lowest BCUT2D eigenvalue weighted by Crippen LogP contribution is -2.15. The van der Waals surface area contributed by atoms with E-state index in [4.69, 9.17) is 5.11 Å². The van der Waals surface area contributed by atoms with E-state index in [-0.39, 0.29) is 11.3 Å². The Balaban J connectivity index is 3.43. The highest BCUT2D eigenvalue weighted by Gasteiger charge is 1.92. The highest BCUT2D eigenvalue weighted by atomic mass is 16.3. The Bertz CT molecular complexity index is 245. The number of hydrogen-bond donors (Lipinski definition) is 1. The second-order valence-corrected chi connectivity index (χ2v) is 1.81. The van der Waals surface area contributed by atoms with Crippen molar-refractivity contribution in [2.75, 3.05) is 0 Å². The van der Waals surface area contributed by atoms with Gasteiger partial charge in [-0.2, -0.15) is 0 Å². The van der Waals surface area contributed by atoms with Crippen LogP contribution >= 0.6 is 0 Å². The van der Waals surface area contributed by atoms with Crippen LogP contribution in [-0.4, -0.2) is 17.6 Å². The SMILES string of the molecule is Bn1cccc(O)c1=O. The molecule has 1 N–H and O–H groups in total. The van der Waals surface area contributed by atoms with Gasteiger partial charge in [0.15, 0.2) is 5.75 Å². The van der Waals surface area contributed by atoms with Crippen molar-refractivity contribution in [2.24, 2.45) is 0 Å². The summed E-state index contributed by atoms with van der Waals surface area (Å²) >= 11 is 0. The van der Waals surface area contributed by atoms with Gasteiger partial charge in [0.25, 0.3) is 5.56 Å². The number of nitrogens with zero attached hydrogens (tertiary/aromatic N) is 1. The predicted octanol–water partition coefficient (Wildman–Crippen LogP) is -1.05. The van der Waals surface area contributed by atoms with E-state index in [0.717, 1.165) is 0 Å². The topological polar surface area (TPSA) is 42.2 Å². The van der Waals surface area contributed by atoms with Crippen LogP contribution in [0.5, 0.6) is 5.75 Å². The van der Waals surface area contributed by atoms with E-state index >= 15 is 0 Å². The first-order chi connectivity index (χ1) is 4.22. The fourth-order valence-corrected chi connectivity index (χ4v) is 0.583. The summed E-state index contributed by atoms with van der Waals surface area (Å²) < 4.78 is 1.31. The molecule has 0 bridgehead atoms. The minimum absolute atomic E-state index is 0.208. The standard InChI is InChI=1S/C5H6BNO2/c6-7-3-1-2-4(8)5(7)9/h1-3,8H,6H2. The van der Waals surface area contributed by atoms with Crippen molar-refractivity contribution < 1.29 is 5.11 Å². The molecule has 3 nitrogen and oxygen atoms in total. The Morgan fingerprint density at radius 1 is 1.67 bits per heavy atom. The summed E-state index contributed by atoms with van der Waals surface area (Å²) in [6.45, 7) is 0. The fourth-order valence-electron chi connectivity index (χ4n) is 0.583. The molecule has 1 aromatic rings. The second-order valence-electron chi connectivity index (χ2n) is 1.81.